The van der Waals surface area contributed by atoms with Crippen LogP contribution >= 0.6 is 0 Å². The van der Waals surface area contributed by atoms with Crippen LogP contribution in [0.15, 0.2) is 30.6 Å². The molecule has 0 radical (unpaired) electrons. The first kappa shape index (κ1) is 12.0. The molecular weight excluding hydrogens is 234 g/mol. The van der Waals surface area contributed by atoms with E-state index in [1.165, 1.54) is 0 Å². The van der Waals surface area contributed by atoms with Crippen molar-refractivity contribution in [1.29, 1.82) is 0 Å². The minimum absolute atomic E-state index is 0.162. The number of hydrogen-bond donors (Lipinski definition) is 1. The zero-order valence-electron chi connectivity index (χ0n) is 9.71. The molecule has 0 aliphatic heterocycles. The minimum Gasteiger partial charge on any atom is -0.459 e. The van der Waals surface area contributed by atoms with Crippen molar-refractivity contribution in [2.75, 3.05) is 11.9 Å². The molecule has 0 atom stereocenters. The summed E-state index contributed by atoms with van der Waals surface area (Å²) >= 11 is 0. The van der Waals surface area contributed by atoms with Crippen molar-refractivity contribution in [3.63, 3.8) is 0 Å². The van der Waals surface area contributed by atoms with Crippen molar-refractivity contribution in [3.05, 3.63) is 30.6 Å². The van der Waals surface area contributed by atoms with Gasteiger partial charge in [-0.3, -0.25) is 14.8 Å². The summed E-state index contributed by atoms with van der Waals surface area (Å²) in [6, 6.07) is 5.00. The molecular formula is C12H11N3O3. The first-order chi connectivity index (χ1) is 8.70. The van der Waals surface area contributed by atoms with Gasteiger partial charge in [0.25, 0.3) is 0 Å². The Labute approximate surface area is 103 Å². The minimum atomic E-state index is -0.906. The quantitative estimate of drug-likeness (QED) is 0.633. The Hall–Kier alpha value is -2.50. The molecule has 0 saturated heterocycles. The summed E-state index contributed by atoms with van der Waals surface area (Å²) in [5.74, 6) is -1.71. The highest BCUT2D eigenvalue weighted by Gasteiger charge is 2.14. The van der Waals surface area contributed by atoms with Gasteiger partial charge in [0, 0.05) is 18.1 Å². The van der Waals surface area contributed by atoms with Crippen molar-refractivity contribution < 1.29 is 14.3 Å². The van der Waals surface area contributed by atoms with Crippen molar-refractivity contribution >= 4 is 28.6 Å². The Morgan fingerprint density at radius 2 is 1.94 bits per heavy atom. The molecule has 18 heavy (non-hydrogen) atoms. The van der Waals surface area contributed by atoms with Gasteiger partial charge >= 0.3 is 11.9 Å². The van der Waals surface area contributed by atoms with Gasteiger partial charge in [-0.2, -0.15) is 0 Å². The summed E-state index contributed by atoms with van der Waals surface area (Å²) in [6.45, 7) is 1.80. The highest BCUT2D eigenvalue weighted by atomic mass is 16.5. The van der Waals surface area contributed by atoms with Crippen LogP contribution in [-0.4, -0.2) is 28.5 Å². The maximum Gasteiger partial charge on any atom is 0.397 e. The second kappa shape index (κ2) is 5.22. The maximum absolute atomic E-state index is 11.4. The number of rotatable bonds is 2. The summed E-state index contributed by atoms with van der Waals surface area (Å²) in [6.07, 6.45) is 3.14. The molecule has 0 unspecified atom stereocenters. The van der Waals surface area contributed by atoms with Crippen LogP contribution in [0.1, 0.15) is 6.92 Å². The van der Waals surface area contributed by atoms with Crippen molar-refractivity contribution in [2.45, 2.75) is 6.92 Å². The summed E-state index contributed by atoms with van der Waals surface area (Å²) < 4.78 is 4.58. The number of anilines is 1. The van der Waals surface area contributed by atoms with E-state index in [0.29, 0.717) is 16.7 Å². The number of esters is 1. The molecule has 2 rings (SSSR count). The molecule has 6 nitrogen and oxygen atoms in total. The van der Waals surface area contributed by atoms with Crippen LogP contribution in [0.5, 0.6) is 0 Å². The third kappa shape index (κ3) is 2.60. The molecule has 0 aliphatic carbocycles. The number of hydrogen-bond acceptors (Lipinski definition) is 5. The van der Waals surface area contributed by atoms with E-state index in [0.717, 1.165) is 0 Å². The molecule has 0 fully saturated rings. The van der Waals surface area contributed by atoms with Crippen LogP contribution in [0.4, 0.5) is 5.69 Å². The fraction of sp³-hybridized carbons (Fsp3) is 0.167. The fourth-order valence-corrected chi connectivity index (χ4v) is 1.42. The second-order valence-corrected chi connectivity index (χ2v) is 3.43. The molecule has 1 N–H and O–H groups in total. The lowest BCUT2D eigenvalue weighted by molar-refractivity contribution is -0.152. The number of fused-ring (bicyclic) bond motifs is 1. The highest BCUT2D eigenvalue weighted by Crippen LogP contribution is 2.14. The second-order valence-electron chi connectivity index (χ2n) is 3.43. The summed E-state index contributed by atoms with van der Waals surface area (Å²) in [5.41, 5.74) is 1.83. The third-order valence-electron chi connectivity index (χ3n) is 2.19. The van der Waals surface area contributed by atoms with Crippen LogP contribution in [0.25, 0.3) is 11.0 Å². The lowest BCUT2D eigenvalue weighted by Crippen LogP contribution is -2.24. The van der Waals surface area contributed by atoms with E-state index in [1.807, 2.05) is 0 Å². The molecule has 0 bridgehead atoms. The van der Waals surface area contributed by atoms with E-state index >= 15 is 0 Å². The number of carbonyl (C=O) groups excluding carboxylic acids is 2. The van der Waals surface area contributed by atoms with E-state index in [-0.39, 0.29) is 6.61 Å². The maximum atomic E-state index is 11.4. The molecule has 1 heterocycles. The van der Waals surface area contributed by atoms with E-state index in [9.17, 15) is 9.59 Å². The molecule has 1 aromatic carbocycles. The van der Waals surface area contributed by atoms with E-state index in [2.05, 4.69) is 20.0 Å². The van der Waals surface area contributed by atoms with Crippen LogP contribution in [0, 0.1) is 0 Å². The lowest BCUT2D eigenvalue weighted by Gasteiger charge is -2.05. The Bertz CT molecular complexity index is 598. The van der Waals surface area contributed by atoms with Gasteiger partial charge in [-0.25, -0.2) is 4.79 Å². The monoisotopic (exact) mass is 245 g/mol. The van der Waals surface area contributed by atoms with E-state index in [1.54, 1.807) is 37.5 Å². The first-order valence-electron chi connectivity index (χ1n) is 5.39. The van der Waals surface area contributed by atoms with Crippen LogP contribution < -0.4 is 5.32 Å². The van der Waals surface area contributed by atoms with Gasteiger partial charge in [0.1, 0.15) is 0 Å². The van der Waals surface area contributed by atoms with Crippen molar-refractivity contribution in [3.8, 4) is 0 Å². The number of nitrogens with zero attached hydrogens (tertiary/aromatic N) is 2. The molecule has 1 amide bonds. The number of ether oxygens (including phenoxy) is 1. The van der Waals surface area contributed by atoms with Gasteiger partial charge in [-0.05, 0) is 25.1 Å². The highest BCUT2D eigenvalue weighted by molar-refractivity contribution is 6.37. The Morgan fingerprint density at radius 1 is 1.22 bits per heavy atom. The molecule has 0 spiro atoms. The van der Waals surface area contributed by atoms with Crippen molar-refractivity contribution in [2.24, 2.45) is 0 Å². The number of carbonyl (C=O) groups is 2. The van der Waals surface area contributed by atoms with E-state index in [4.69, 9.17) is 0 Å². The van der Waals surface area contributed by atoms with Crippen molar-refractivity contribution in [1.82, 2.24) is 9.97 Å². The van der Waals surface area contributed by atoms with Gasteiger partial charge in [0.2, 0.25) is 0 Å². The number of benzene rings is 1. The normalized spacial score (nSPS) is 10.1. The molecule has 0 aliphatic rings. The number of amides is 1. The Kier molecular flexibility index (Phi) is 3.47. The number of aromatic nitrogens is 2. The zero-order valence-corrected chi connectivity index (χ0v) is 9.71. The molecule has 92 valence electrons. The van der Waals surface area contributed by atoms with Crippen LogP contribution in [0.2, 0.25) is 0 Å². The van der Waals surface area contributed by atoms with Gasteiger partial charge in [0.15, 0.2) is 0 Å². The Balaban J connectivity index is 2.17. The van der Waals surface area contributed by atoms with Crippen LogP contribution in [-0.2, 0) is 14.3 Å². The largest absolute Gasteiger partial charge is 0.459 e. The number of nitrogens with one attached hydrogen (secondary N) is 1. The molecule has 1 aromatic heterocycles. The van der Waals surface area contributed by atoms with Gasteiger partial charge in [-0.15, -0.1) is 0 Å². The summed E-state index contributed by atoms with van der Waals surface area (Å²) in [4.78, 5) is 30.8. The third-order valence-corrected chi connectivity index (χ3v) is 2.19. The standard InChI is InChI=1S/C12H11N3O3/c1-2-18-12(17)11(16)15-8-3-4-9-10(7-8)14-6-5-13-9/h3-7H,2H2,1H3,(H,15,16). The van der Waals surface area contributed by atoms with E-state index < -0.39 is 11.9 Å². The fourth-order valence-electron chi connectivity index (χ4n) is 1.42. The predicted molar refractivity (Wildman–Crippen MR) is 64.8 cm³/mol. The lowest BCUT2D eigenvalue weighted by atomic mass is 10.2. The first-order valence-corrected chi connectivity index (χ1v) is 5.39. The van der Waals surface area contributed by atoms with Gasteiger partial charge in [-0.1, -0.05) is 0 Å². The SMILES string of the molecule is CCOC(=O)C(=O)Nc1ccc2nccnc2c1. The molecule has 0 saturated carbocycles. The molecule has 6 heteroatoms. The smallest absolute Gasteiger partial charge is 0.397 e. The van der Waals surface area contributed by atoms with Gasteiger partial charge < -0.3 is 10.1 Å². The average Bonchev–Trinajstić information content (AvgIpc) is 2.39. The van der Waals surface area contributed by atoms with Gasteiger partial charge in [0.05, 0.1) is 17.6 Å². The van der Waals surface area contributed by atoms with Crippen LogP contribution in [0.3, 0.4) is 0 Å². The topological polar surface area (TPSA) is 81.2 Å². The average molecular weight is 245 g/mol. The Morgan fingerprint density at radius 3 is 2.67 bits per heavy atom. The summed E-state index contributed by atoms with van der Waals surface area (Å²) in [7, 11) is 0. The summed E-state index contributed by atoms with van der Waals surface area (Å²) in [5, 5.41) is 2.44. The predicted octanol–water partition coefficient (Wildman–Crippen LogP) is 1.13. The zero-order chi connectivity index (χ0) is 13.0. The molecule has 2 aromatic rings.